The summed E-state index contributed by atoms with van der Waals surface area (Å²) in [7, 11) is -3.64. The van der Waals surface area contributed by atoms with Crippen molar-refractivity contribution < 1.29 is 13.2 Å². The minimum absolute atomic E-state index is 0.0457. The molecule has 78 valence electrons. The van der Waals surface area contributed by atoms with Crippen LogP contribution in [0.4, 0.5) is 0 Å². The average molecular weight is 217 g/mol. The summed E-state index contributed by atoms with van der Waals surface area (Å²) in [5, 5.41) is 8.90. The number of hydrogen-bond donors (Lipinski definition) is 1. The van der Waals surface area contributed by atoms with Crippen molar-refractivity contribution in [3.63, 3.8) is 0 Å². The lowest BCUT2D eigenvalue weighted by Crippen LogP contribution is -2.12. The van der Waals surface area contributed by atoms with E-state index in [1.807, 2.05) is 0 Å². The third kappa shape index (κ3) is 1.79. The van der Waals surface area contributed by atoms with Crippen molar-refractivity contribution >= 4 is 10.0 Å². The Morgan fingerprint density at radius 1 is 1.64 bits per heavy atom. The molecule has 2 rings (SSSR count). The molecule has 0 amide bonds. The molecule has 14 heavy (non-hydrogen) atoms. The van der Waals surface area contributed by atoms with Crippen molar-refractivity contribution in [2.75, 3.05) is 13.2 Å². The first kappa shape index (κ1) is 9.63. The normalized spacial score (nSPS) is 22.8. The van der Waals surface area contributed by atoms with Gasteiger partial charge in [-0.15, -0.1) is 0 Å². The SMILES string of the molecule is NS(=O)(=O)c1cnn([C@H]2CCOC2)c1. The monoisotopic (exact) mass is 217 g/mol. The van der Waals surface area contributed by atoms with Crippen LogP contribution in [0, 0.1) is 0 Å². The third-order valence-corrected chi connectivity index (χ3v) is 3.05. The first-order chi connectivity index (χ1) is 6.57. The highest BCUT2D eigenvalue weighted by Crippen LogP contribution is 2.18. The van der Waals surface area contributed by atoms with Crippen LogP contribution in [0.2, 0.25) is 0 Å². The number of ether oxygens (including phenoxy) is 1. The van der Waals surface area contributed by atoms with Crippen molar-refractivity contribution in [3.8, 4) is 0 Å². The molecule has 1 fully saturated rings. The Hall–Kier alpha value is -0.920. The number of nitrogens with two attached hydrogens (primary N) is 1. The van der Waals surface area contributed by atoms with E-state index >= 15 is 0 Å². The molecule has 1 saturated heterocycles. The maximum atomic E-state index is 11.0. The van der Waals surface area contributed by atoms with Gasteiger partial charge in [0.2, 0.25) is 10.0 Å². The summed E-state index contributed by atoms with van der Waals surface area (Å²) in [5.41, 5.74) is 0. The Morgan fingerprint density at radius 3 is 2.93 bits per heavy atom. The molecule has 0 saturated carbocycles. The lowest BCUT2D eigenvalue weighted by atomic mass is 10.3. The standard InChI is InChI=1S/C7H11N3O3S/c8-14(11,12)7-3-9-10(4-7)6-1-2-13-5-6/h3-4,6H,1-2,5H2,(H2,8,11,12)/t6-/m0/s1. The van der Waals surface area contributed by atoms with Crippen LogP contribution in [-0.2, 0) is 14.8 Å². The van der Waals surface area contributed by atoms with Crippen molar-refractivity contribution in [1.82, 2.24) is 9.78 Å². The molecule has 0 aromatic carbocycles. The van der Waals surface area contributed by atoms with E-state index in [1.54, 1.807) is 4.68 Å². The topological polar surface area (TPSA) is 87.2 Å². The minimum Gasteiger partial charge on any atom is -0.379 e. The maximum Gasteiger partial charge on any atom is 0.241 e. The van der Waals surface area contributed by atoms with Crippen LogP contribution in [0.1, 0.15) is 12.5 Å². The van der Waals surface area contributed by atoms with E-state index in [1.165, 1.54) is 12.4 Å². The second-order valence-corrected chi connectivity index (χ2v) is 4.78. The number of hydrogen-bond acceptors (Lipinski definition) is 4. The number of nitrogens with zero attached hydrogens (tertiary/aromatic N) is 2. The molecular weight excluding hydrogens is 206 g/mol. The molecule has 0 unspecified atom stereocenters. The Morgan fingerprint density at radius 2 is 2.43 bits per heavy atom. The summed E-state index contributed by atoms with van der Waals surface area (Å²) in [6.45, 7) is 1.26. The van der Waals surface area contributed by atoms with Gasteiger partial charge >= 0.3 is 0 Å². The van der Waals surface area contributed by atoms with E-state index in [-0.39, 0.29) is 10.9 Å². The molecule has 1 atom stereocenters. The zero-order chi connectivity index (χ0) is 10.2. The zero-order valence-electron chi connectivity index (χ0n) is 7.46. The van der Waals surface area contributed by atoms with Gasteiger partial charge in [0, 0.05) is 12.8 Å². The molecule has 2 N–H and O–H groups in total. The molecule has 0 bridgehead atoms. The van der Waals surface area contributed by atoms with Crippen LogP contribution in [-0.4, -0.2) is 31.4 Å². The highest BCUT2D eigenvalue weighted by atomic mass is 32.2. The Kier molecular flexibility index (Phi) is 2.30. The van der Waals surface area contributed by atoms with Gasteiger partial charge < -0.3 is 4.74 Å². The molecule has 6 nitrogen and oxygen atoms in total. The quantitative estimate of drug-likeness (QED) is 0.722. The summed E-state index contributed by atoms with van der Waals surface area (Å²) in [4.78, 5) is 0.0457. The predicted octanol–water partition coefficient (Wildman–Crippen LogP) is -0.508. The van der Waals surface area contributed by atoms with E-state index in [4.69, 9.17) is 9.88 Å². The summed E-state index contributed by atoms with van der Waals surface area (Å²) in [6, 6.07) is 0.130. The van der Waals surface area contributed by atoms with Crippen molar-refractivity contribution in [2.24, 2.45) is 5.14 Å². The second kappa shape index (κ2) is 3.34. The van der Waals surface area contributed by atoms with Gasteiger partial charge in [-0.25, -0.2) is 13.6 Å². The van der Waals surface area contributed by atoms with Gasteiger partial charge in [0.25, 0.3) is 0 Å². The summed E-state index contributed by atoms with van der Waals surface area (Å²) in [5.74, 6) is 0. The van der Waals surface area contributed by atoms with E-state index in [9.17, 15) is 8.42 Å². The smallest absolute Gasteiger partial charge is 0.241 e. The molecule has 2 heterocycles. The van der Waals surface area contributed by atoms with Crippen LogP contribution in [0.25, 0.3) is 0 Å². The molecule has 1 aliphatic heterocycles. The van der Waals surface area contributed by atoms with E-state index in [0.717, 1.165) is 6.42 Å². The van der Waals surface area contributed by atoms with Gasteiger partial charge in [0.05, 0.1) is 18.8 Å². The van der Waals surface area contributed by atoms with E-state index in [0.29, 0.717) is 13.2 Å². The molecule has 0 spiro atoms. The fourth-order valence-electron chi connectivity index (χ4n) is 1.40. The lowest BCUT2D eigenvalue weighted by molar-refractivity contribution is 0.184. The third-order valence-electron chi connectivity index (χ3n) is 2.19. The van der Waals surface area contributed by atoms with Crippen LogP contribution in [0.15, 0.2) is 17.3 Å². The van der Waals surface area contributed by atoms with E-state index < -0.39 is 10.0 Å². The Labute approximate surface area is 81.7 Å². The molecule has 1 aliphatic rings. The minimum atomic E-state index is -3.64. The Bertz CT molecular complexity index is 419. The summed E-state index contributed by atoms with van der Waals surface area (Å²) in [6.07, 6.45) is 3.55. The molecule has 7 heteroatoms. The second-order valence-electron chi connectivity index (χ2n) is 3.22. The van der Waals surface area contributed by atoms with Gasteiger partial charge in [-0.1, -0.05) is 0 Å². The fourth-order valence-corrected chi connectivity index (χ4v) is 1.85. The fraction of sp³-hybridized carbons (Fsp3) is 0.571. The van der Waals surface area contributed by atoms with Crippen molar-refractivity contribution in [3.05, 3.63) is 12.4 Å². The number of aromatic nitrogens is 2. The molecule has 1 aromatic rings. The molecule has 0 radical (unpaired) electrons. The van der Waals surface area contributed by atoms with Gasteiger partial charge in [-0.2, -0.15) is 5.10 Å². The highest BCUT2D eigenvalue weighted by molar-refractivity contribution is 7.89. The summed E-state index contributed by atoms with van der Waals surface area (Å²) >= 11 is 0. The number of sulfonamides is 1. The van der Waals surface area contributed by atoms with Crippen molar-refractivity contribution in [1.29, 1.82) is 0 Å². The lowest BCUT2D eigenvalue weighted by Gasteiger charge is -2.06. The van der Waals surface area contributed by atoms with Crippen molar-refractivity contribution in [2.45, 2.75) is 17.4 Å². The largest absolute Gasteiger partial charge is 0.379 e. The number of primary sulfonamides is 1. The van der Waals surface area contributed by atoms with Crippen LogP contribution in [0.3, 0.4) is 0 Å². The molecule has 0 aliphatic carbocycles. The predicted molar refractivity (Wildman–Crippen MR) is 48.1 cm³/mol. The van der Waals surface area contributed by atoms with Gasteiger partial charge in [-0.05, 0) is 6.42 Å². The molecular formula is C7H11N3O3S. The number of rotatable bonds is 2. The van der Waals surface area contributed by atoms with Crippen LogP contribution < -0.4 is 5.14 Å². The van der Waals surface area contributed by atoms with Crippen LogP contribution in [0.5, 0.6) is 0 Å². The molecule has 1 aromatic heterocycles. The summed E-state index contributed by atoms with van der Waals surface area (Å²) < 4.78 is 28.7. The van der Waals surface area contributed by atoms with Gasteiger partial charge in [-0.3, -0.25) is 4.68 Å². The van der Waals surface area contributed by atoms with Gasteiger partial charge in [0.15, 0.2) is 0 Å². The van der Waals surface area contributed by atoms with Gasteiger partial charge in [0.1, 0.15) is 4.90 Å². The first-order valence-corrected chi connectivity index (χ1v) is 5.77. The van der Waals surface area contributed by atoms with E-state index in [2.05, 4.69) is 5.10 Å². The Balaban J connectivity index is 2.25. The highest BCUT2D eigenvalue weighted by Gasteiger charge is 2.20. The first-order valence-electron chi connectivity index (χ1n) is 4.22. The maximum absolute atomic E-state index is 11.0. The average Bonchev–Trinajstić information content (AvgIpc) is 2.73. The van der Waals surface area contributed by atoms with Crippen LogP contribution >= 0.6 is 0 Å². The zero-order valence-corrected chi connectivity index (χ0v) is 8.27.